The number of amides is 1. The molecule has 1 aromatic carbocycles. The average Bonchev–Trinajstić information content (AvgIpc) is 2.93. The Hall–Kier alpha value is -2.31. The van der Waals surface area contributed by atoms with E-state index in [-0.39, 0.29) is 29.9 Å². The lowest BCUT2D eigenvalue weighted by Gasteiger charge is -2.39. The van der Waals surface area contributed by atoms with E-state index in [1.54, 1.807) is 17.9 Å². The molecule has 1 saturated heterocycles. The zero-order valence-corrected chi connectivity index (χ0v) is 16.2. The number of hydrogen-bond acceptors (Lipinski definition) is 5. The number of halogens is 1. The summed E-state index contributed by atoms with van der Waals surface area (Å²) in [5.41, 5.74) is 0.803. The second-order valence-electron chi connectivity index (χ2n) is 8.03. The largest absolute Gasteiger partial charge is 0.487 e. The monoisotopic (exact) mass is 379 g/mol. The molecule has 0 bridgehead atoms. The Bertz CT molecular complexity index is 737. The van der Waals surface area contributed by atoms with E-state index in [0.29, 0.717) is 43.9 Å². The molecule has 148 valence electrons. The molecule has 2 aliphatic rings. The fourth-order valence-electron chi connectivity index (χ4n) is 3.34. The van der Waals surface area contributed by atoms with E-state index in [1.807, 2.05) is 20.8 Å². The molecule has 27 heavy (non-hydrogen) atoms. The number of carbonyl (C=O) groups is 2. The van der Waals surface area contributed by atoms with Crippen LogP contribution in [-0.2, 0) is 27.1 Å². The number of esters is 1. The van der Waals surface area contributed by atoms with Gasteiger partial charge in [-0.2, -0.15) is 0 Å². The molecule has 1 aromatic rings. The van der Waals surface area contributed by atoms with Crippen LogP contribution in [0.1, 0.15) is 38.8 Å². The van der Waals surface area contributed by atoms with Gasteiger partial charge in [-0.25, -0.2) is 9.18 Å². The fraction of sp³-hybridized carbons (Fsp3) is 0.600. The van der Waals surface area contributed by atoms with Crippen LogP contribution in [0, 0.1) is 11.7 Å². The lowest BCUT2D eigenvalue weighted by molar-refractivity contribution is -0.147. The first-order chi connectivity index (χ1) is 12.7. The van der Waals surface area contributed by atoms with Crippen molar-refractivity contribution in [3.8, 4) is 5.75 Å². The summed E-state index contributed by atoms with van der Waals surface area (Å²) >= 11 is 0. The van der Waals surface area contributed by atoms with Crippen molar-refractivity contribution in [2.75, 3.05) is 19.7 Å². The van der Waals surface area contributed by atoms with Crippen LogP contribution in [0.5, 0.6) is 5.75 Å². The molecule has 1 aliphatic heterocycles. The molecule has 1 heterocycles. The van der Waals surface area contributed by atoms with Gasteiger partial charge in [0, 0.05) is 6.07 Å². The smallest absolute Gasteiger partial charge is 0.410 e. The van der Waals surface area contributed by atoms with Crippen LogP contribution in [0.25, 0.3) is 0 Å². The number of ether oxygens (including phenoxy) is 3. The van der Waals surface area contributed by atoms with Gasteiger partial charge in [0.05, 0.1) is 25.6 Å². The summed E-state index contributed by atoms with van der Waals surface area (Å²) in [4.78, 5) is 25.4. The van der Waals surface area contributed by atoms with Crippen molar-refractivity contribution >= 4 is 12.1 Å². The number of hydrogen-bond donors (Lipinski definition) is 0. The highest BCUT2D eigenvalue weighted by molar-refractivity contribution is 5.74. The van der Waals surface area contributed by atoms with Gasteiger partial charge in [0.15, 0.2) is 0 Å². The Balaban J connectivity index is 1.57. The highest BCUT2D eigenvalue weighted by Gasteiger charge is 2.36. The van der Waals surface area contributed by atoms with E-state index in [1.165, 1.54) is 6.07 Å². The third kappa shape index (κ3) is 4.51. The summed E-state index contributed by atoms with van der Waals surface area (Å²) in [5.74, 6) is -0.569. The molecule has 0 saturated carbocycles. The summed E-state index contributed by atoms with van der Waals surface area (Å²) in [6.07, 6.45) is 0.240. The zero-order chi connectivity index (χ0) is 19.8. The van der Waals surface area contributed by atoms with Gasteiger partial charge in [-0.3, -0.25) is 4.79 Å². The third-order valence-corrected chi connectivity index (χ3v) is 4.60. The van der Waals surface area contributed by atoms with Gasteiger partial charge in [0.25, 0.3) is 0 Å². The topological polar surface area (TPSA) is 65.1 Å². The van der Waals surface area contributed by atoms with Gasteiger partial charge in [-0.05, 0) is 57.7 Å². The van der Waals surface area contributed by atoms with Gasteiger partial charge in [0.1, 0.15) is 23.3 Å². The lowest BCUT2D eigenvalue weighted by atomic mass is 10.1. The molecular formula is C20H26FNO5. The molecule has 7 heteroatoms. The van der Waals surface area contributed by atoms with Gasteiger partial charge in [-0.1, -0.05) is 0 Å². The van der Waals surface area contributed by atoms with E-state index in [9.17, 15) is 14.0 Å². The second kappa shape index (κ2) is 7.37. The minimum Gasteiger partial charge on any atom is -0.487 e. The van der Waals surface area contributed by atoms with Crippen LogP contribution < -0.4 is 4.74 Å². The van der Waals surface area contributed by atoms with Crippen LogP contribution in [-0.4, -0.2) is 48.4 Å². The molecule has 6 nitrogen and oxygen atoms in total. The molecule has 0 N–H and O–H groups in total. The Morgan fingerprint density at radius 3 is 2.56 bits per heavy atom. The number of carbonyl (C=O) groups excluding carboxylic acids is 2. The van der Waals surface area contributed by atoms with Crippen molar-refractivity contribution in [2.24, 2.45) is 5.92 Å². The molecule has 0 spiro atoms. The van der Waals surface area contributed by atoms with E-state index in [0.717, 1.165) is 5.56 Å². The minimum atomic E-state index is -0.540. The first kappa shape index (κ1) is 19.5. The highest BCUT2D eigenvalue weighted by atomic mass is 19.1. The normalized spacial score (nSPS) is 19.3. The summed E-state index contributed by atoms with van der Waals surface area (Å²) in [6, 6.07) is 3.14. The van der Waals surface area contributed by atoms with Crippen LogP contribution in [0.2, 0.25) is 0 Å². The molecular weight excluding hydrogens is 353 g/mol. The van der Waals surface area contributed by atoms with Crippen molar-refractivity contribution in [3.63, 3.8) is 0 Å². The van der Waals surface area contributed by atoms with E-state index < -0.39 is 5.60 Å². The predicted molar refractivity (Wildman–Crippen MR) is 96.2 cm³/mol. The first-order valence-electron chi connectivity index (χ1n) is 9.28. The SMILES string of the molecule is CCOC(=O)C1Cc2cc(OC3CN(C(=O)OC(C)(C)C)C3)cc(F)c2C1. The summed E-state index contributed by atoms with van der Waals surface area (Å²) in [7, 11) is 0. The molecule has 1 atom stereocenters. The predicted octanol–water partition coefficient (Wildman–Crippen LogP) is 3.10. The number of benzene rings is 1. The average molecular weight is 379 g/mol. The second-order valence-corrected chi connectivity index (χ2v) is 8.03. The first-order valence-corrected chi connectivity index (χ1v) is 9.28. The van der Waals surface area contributed by atoms with Crippen LogP contribution in [0.3, 0.4) is 0 Å². The molecule has 1 aliphatic carbocycles. The maximum atomic E-state index is 14.4. The Labute approximate surface area is 158 Å². The fourth-order valence-corrected chi connectivity index (χ4v) is 3.34. The van der Waals surface area contributed by atoms with Gasteiger partial charge < -0.3 is 19.1 Å². The van der Waals surface area contributed by atoms with Gasteiger partial charge in [-0.15, -0.1) is 0 Å². The van der Waals surface area contributed by atoms with E-state index >= 15 is 0 Å². The minimum absolute atomic E-state index is 0.197. The number of nitrogens with zero attached hydrogens (tertiary/aromatic N) is 1. The molecule has 1 unspecified atom stereocenters. The molecule has 1 amide bonds. The van der Waals surface area contributed by atoms with Crippen molar-refractivity contribution < 1.29 is 28.2 Å². The van der Waals surface area contributed by atoms with Crippen LogP contribution in [0.4, 0.5) is 9.18 Å². The van der Waals surface area contributed by atoms with Crippen molar-refractivity contribution in [2.45, 2.75) is 52.2 Å². The van der Waals surface area contributed by atoms with Crippen molar-refractivity contribution in [1.82, 2.24) is 4.90 Å². The number of fused-ring (bicyclic) bond motifs is 1. The van der Waals surface area contributed by atoms with Crippen molar-refractivity contribution in [1.29, 1.82) is 0 Å². The number of rotatable bonds is 4. The molecule has 3 rings (SSSR count). The standard InChI is InChI=1S/C20H26FNO5/c1-5-25-18(23)13-6-12-7-14(9-17(21)16(12)8-13)26-15-10-22(11-15)19(24)27-20(2,3)4/h7,9,13,15H,5-6,8,10-11H2,1-4H3. The van der Waals surface area contributed by atoms with E-state index in [4.69, 9.17) is 14.2 Å². The summed E-state index contributed by atoms with van der Waals surface area (Å²) < 4.78 is 30.6. The summed E-state index contributed by atoms with van der Waals surface area (Å²) in [5, 5.41) is 0. The molecule has 0 radical (unpaired) electrons. The molecule has 0 aromatic heterocycles. The Morgan fingerprint density at radius 1 is 1.22 bits per heavy atom. The Morgan fingerprint density at radius 2 is 1.93 bits per heavy atom. The van der Waals surface area contributed by atoms with Crippen molar-refractivity contribution in [3.05, 3.63) is 29.1 Å². The van der Waals surface area contributed by atoms with Crippen LogP contribution >= 0.6 is 0 Å². The third-order valence-electron chi connectivity index (χ3n) is 4.60. The zero-order valence-electron chi connectivity index (χ0n) is 16.2. The van der Waals surface area contributed by atoms with E-state index in [2.05, 4.69) is 0 Å². The lowest BCUT2D eigenvalue weighted by Crippen LogP contribution is -2.57. The number of likely N-dealkylation sites (tertiary alicyclic amines) is 1. The van der Waals surface area contributed by atoms with Crippen LogP contribution in [0.15, 0.2) is 12.1 Å². The quantitative estimate of drug-likeness (QED) is 0.752. The highest BCUT2D eigenvalue weighted by Crippen LogP contribution is 2.34. The maximum Gasteiger partial charge on any atom is 0.410 e. The maximum absolute atomic E-state index is 14.4. The van der Waals surface area contributed by atoms with Gasteiger partial charge >= 0.3 is 12.1 Å². The summed E-state index contributed by atoms with van der Waals surface area (Å²) in [6.45, 7) is 8.32. The molecule has 1 fully saturated rings. The Kier molecular flexibility index (Phi) is 5.31. The van der Waals surface area contributed by atoms with Gasteiger partial charge in [0.2, 0.25) is 0 Å².